The Morgan fingerprint density at radius 1 is 0.930 bits per heavy atom. The lowest BCUT2D eigenvalue weighted by molar-refractivity contribution is -0.148. The van der Waals surface area contributed by atoms with Crippen LogP contribution in [0.5, 0.6) is 0 Å². The Morgan fingerprint density at radius 2 is 1.60 bits per heavy atom. The van der Waals surface area contributed by atoms with E-state index < -0.39 is 11.0 Å². The number of aromatic nitrogens is 1. The number of carbonyl (C=O) groups excluding carboxylic acids is 2. The second-order valence-electron chi connectivity index (χ2n) is 13.4. The van der Waals surface area contributed by atoms with Crippen molar-refractivity contribution < 1.29 is 14.7 Å². The molecule has 43 heavy (non-hydrogen) atoms. The molecule has 1 aromatic heterocycles. The lowest BCUT2D eigenvalue weighted by Crippen LogP contribution is -2.55. The summed E-state index contributed by atoms with van der Waals surface area (Å²) in [5, 5.41) is 12.6. The van der Waals surface area contributed by atoms with Crippen LogP contribution in [0.1, 0.15) is 51.5 Å². The molecule has 0 unspecified atom stereocenters. The number of amides is 2. The maximum absolute atomic E-state index is 14.0. The van der Waals surface area contributed by atoms with Crippen LogP contribution in [0.3, 0.4) is 0 Å². The molecule has 226 valence electrons. The van der Waals surface area contributed by atoms with E-state index in [9.17, 15) is 14.7 Å². The minimum Gasteiger partial charge on any atom is -0.388 e. The number of hydrogen-bond donors (Lipinski definition) is 1. The van der Waals surface area contributed by atoms with Crippen LogP contribution in [0.15, 0.2) is 77.9 Å². The molecule has 1 N–H and O–H groups in total. The van der Waals surface area contributed by atoms with E-state index in [2.05, 4.69) is 46.0 Å². The van der Waals surface area contributed by atoms with Crippen molar-refractivity contribution in [3.63, 3.8) is 0 Å². The molecular formula is C35H43N5O3. The highest BCUT2D eigenvalue weighted by Gasteiger charge is 2.42. The molecule has 2 aromatic carbocycles. The number of nitrogens with zero attached hydrogens (tertiary/aromatic N) is 5. The molecule has 8 heteroatoms. The summed E-state index contributed by atoms with van der Waals surface area (Å²) in [5.41, 5.74) is 1.76. The fourth-order valence-electron chi connectivity index (χ4n) is 6.85. The van der Waals surface area contributed by atoms with Gasteiger partial charge in [0.1, 0.15) is 12.2 Å². The van der Waals surface area contributed by atoms with Crippen LogP contribution in [0, 0.1) is 11.3 Å². The van der Waals surface area contributed by atoms with Gasteiger partial charge in [-0.25, -0.2) is 4.99 Å². The van der Waals surface area contributed by atoms with Gasteiger partial charge in [-0.3, -0.25) is 9.59 Å². The first kappa shape index (κ1) is 29.2. The van der Waals surface area contributed by atoms with Gasteiger partial charge >= 0.3 is 0 Å². The summed E-state index contributed by atoms with van der Waals surface area (Å²) in [7, 11) is 0. The van der Waals surface area contributed by atoms with E-state index >= 15 is 0 Å². The standard InChI is InChI=1S/C35H43N5O3/c1-34(2,3)33(42)39-18-15-29(30(23-39)26-10-6-4-7-11-26)32(41)38-20-16-35(43,17-21-38)24-37-22-27-14-19-40(31(27)36-25-37)28-12-8-5-9-13-28/h4-14,19,22,29-30,43H,15-18,20-21,23-25H2,1-3H3/t29-,30+/m1/s1. The maximum Gasteiger partial charge on any atom is 0.227 e. The first-order valence-corrected chi connectivity index (χ1v) is 15.5. The Bertz CT molecular complexity index is 1570. The molecule has 3 aliphatic rings. The summed E-state index contributed by atoms with van der Waals surface area (Å²) in [6.45, 7) is 9.02. The van der Waals surface area contributed by atoms with Gasteiger partial charge in [0.05, 0.1) is 5.60 Å². The summed E-state index contributed by atoms with van der Waals surface area (Å²) in [5.74, 6) is 0.0491. The van der Waals surface area contributed by atoms with Crippen LogP contribution in [0.4, 0.5) is 0 Å². The Morgan fingerprint density at radius 3 is 2.28 bits per heavy atom. The highest BCUT2D eigenvalue weighted by atomic mass is 16.3. The lowest BCUT2D eigenvalue weighted by Gasteiger charge is -2.44. The van der Waals surface area contributed by atoms with Crippen molar-refractivity contribution in [1.29, 1.82) is 0 Å². The fraction of sp³-hybridized carbons (Fsp3) is 0.457. The predicted molar refractivity (Wildman–Crippen MR) is 167 cm³/mol. The van der Waals surface area contributed by atoms with Crippen LogP contribution in [0.2, 0.25) is 0 Å². The number of para-hydroxylation sites is 1. The zero-order chi connectivity index (χ0) is 30.2. The Kier molecular flexibility index (Phi) is 7.90. The number of piperidine rings is 2. The van der Waals surface area contributed by atoms with Gasteiger partial charge in [-0.15, -0.1) is 0 Å². The number of β-amino-alcohol motifs (C(OH)–C–C–N with tert-alkyl or cyclic N) is 1. The van der Waals surface area contributed by atoms with Crippen molar-refractivity contribution in [2.24, 2.45) is 16.3 Å². The smallest absolute Gasteiger partial charge is 0.227 e. The van der Waals surface area contributed by atoms with Crippen molar-refractivity contribution in [2.45, 2.75) is 51.6 Å². The minimum absolute atomic E-state index is 0.0449. The van der Waals surface area contributed by atoms with Crippen molar-refractivity contribution in [2.75, 3.05) is 39.4 Å². The highest BCUT2D eigenvalue weighted by Crippen LogP contribution is 2.36. The molecule has 0 aliphatic carbocycles. The van der Waals surface area contributed by atoms with Crippen LogP contribution < -0.4 is 10.7 Å². The van der Waals surface area contributed by atoms with E-state index in [4.69, 9.17) is 4.99 Å². The van der Waals surface area contributed by atoms with Crippen LogP contribution in [0.25, 0.3) is 11.9 Å². The minimum atomic E-state index is -0.885. The van der Waals surface area contributed by atoms with Crippen LogP contribution in [-0.4, -0.2) is 81.2 Å². The van der Waals surface area contributed by atoms with Crippen molar-refractivity contribution in [3.05, 3.63) is 89.2 Å². The summed E-state index contributed by atoms with van der Waals surface area (Å²) in [4.78, 5) is 37.9. The molecule has 0 saturated carbocycles. The zero-order valence-corrected chi connectivity index (χ0v) is 25.5. The molecule has 3 aromatic rings. The quantitative estimate of drug-likeness (QED) is 0.502. The van der Waals surface area contributed by atoms with Crippen molar-refractivity contribution in [3.8, 4) is 5.69 Å². The first-order chi connectivity index (χ1) is 20.6. The number of rotatable bonds is 5. The van der Waals surface area contributed by atoms with E-state index in [1.54, 1.807) is 0 Å². The van der Waals surface area contributed by atoms with Crippen LogP contribution in [-0.2, 0) is 9.59 Å². The molecule has 0 bridgehead atoms. The van der Waals surface area contributed by atoms with Gasteiger partial charge in [-0.05, 0) is 43.0 Å². The van der Waals surface area contributed by atoms with E-state index in [1.165, 1.54) is 0 Å². The summed E-state index contributed by atoms with van der Waals surface area (Å²) < 4.78 is 2.09. The number of carbonyl (C=O) groups is 2. The molecule has 4 heterocycles. The van der Waals surface area contributed by atoms with Gasteiger partial charge in [0.2, 0.25) is 11.8 Å². The third-order valence-electron chi connectivity index (χ3n) is 9.24. The molecular weight excluding hydrogens is 538 g/mol. The van der Waals surface area contributed by atoms with Gasteiger partial charge < -0.3 is 24.4 Å². The largest absolute Gasteiger partial charge is 0.388 e. The number of likely N-dealkylation sites (tertiary alicyclic amines) is 2. The van der Waals surface area contributed by atoms with E-state index in [-0.39, 0.29) is 23.7 Å². The van der Waals surface area contributed by atoms with Crippen molar-refractivity contribution in [1.82, 2.24) is 19.3 Å². The monoisotopic (exact) mass is 581 g/mol. The topological polar surface area (TPSA) is 81.4 Å². The zero-order valence-electron chi connectivity index (χ0n) is 25.5. The predicted octanol–water partition coefficient (Wildman–Crippen LogP) is 3.14. The molecule has 2 atom stereocenters. The third kappa shape index (κ3) is 6.11. The second kappa shape index (κ2) is 11.6. The highest BCUT2D eigenvalue weighted by molar-refractivity contribution is 5.83. The van der Waals surface area contributed by atoms with Crippen molar-refractivity contribution >= 4 is 18.0 Å². The van der Waals surface area contributed by atoms with Gasteiger partial charge in [0, 0.05) is 73.3 Å². The van der Waals surface area contributed by atoms with Gasteiger partial charge in [-0.1, -0.05) is 69.3 Å². The SMILES string of the molecule is CC(C)(C)C(=O)N1CC[C@@H](C(=O)N2CCC(O)(CN3C=c4ccn(-c5ccccc5)c4=NC3)CC2)[C@H](c2ccccc2)C1. The molecule has 0 spiro atoms. The Hall–Kier alpha value is -3.91. The lowest BCUT2D eigenvalue weighted by atomic mass is 9.78. The summed E-state index contributed by atoms with van der Waals surface area (Å²) in [6.07, 6.45) is 5.83. The second-order valence-corrected chi connectivity index (χ2v) is 13.4. The van der Waals surface area contributed by atoms with Gasteiger partial charge in [-0.2, -0.15) is 0 Å². The molecule has 2 saturated heterocycles. The number of hydrogen-bond acceptors (Lipinski definition) is 5. The summed E-state index contributed by atoms with van der Waals surface area (Å²) >= 11 is 0. The normalized spacial score (nSPS) is 21.9. The number of fused-ring (bicyclic) bond motifs is 1. The third-order valence-corrected chi connectivity index (χ3v) is 9.24. The average molecular weight is 582 g/mol. The Balaban J connectivity index is 1.11. The fourth-order valence-corrected chi connectivity index (χ4v) is 6.85. The first-order valence-electron chi connectivity index (χ1n) is 15.5. The molecule has 3 aliphatic heterocycles. The average Bonchev–Trinajstić information content (AvgIpc) is 3.44. The van der Waals surface area contributed by atoms with Gasteiger partial charge in [0.25, 0.3) is 0 Å². The molecule has 2 amide bonds. The summed E-state index contributed by atoms with van der Waals surface area (Å²) in [6, 6.07) is 22.4. The molecule has 0 radical (unpaired) electrons. The van der Waals surface area contributed by atoms with Crippen LogP contribution >= 0.6 is 0 Å². The molecule has 8 nitrogen and oxygen atoms in total. The molecule has 6 rings (SSSR count). The van der Waals surface area contributed by atoms with E-state index in [0.29, 0.717) is 58.7 Å². The van der Waals surface area contributed by atoms with E-state index in [1.807, 2.05) is 73.2 Å². The molecule has 2 fully saturated rings. The number of aliphatic hydroxyl groups is 1. The van der Waals surface area contributed by atoms with E-state index in [0.717, 1.165) is 22.0 Å². The van der Waals surface area contributed by atoms with Gasteiger partial charge in [0.15, 0.2) is 0 Å². The number of benzene rings is 2. The Labute approximate surface area is 253 Å². The maximum atomic E-state index is 14.0.